The average molecular weight is 333 g/mol. The zero-order chi connectivity index (χ0) is 17.3. The van der Waals surface area contributed by atoms with Crippen LogP contribution in [-0.2, 0) is 32.0 Å². The van der Waals surface area contributed by atoms with E-state index in [0.29, 0.717) is 12.0 Å². The van der Waals surface area contributed by atoms with E-state index in [0.717, 1.165) is 30.5 Å². The number of halogens is 3. The Morgan fingerprint density at radius 2 is 1.71 bits per heavy atom. The molecule has 2 nitrogen and oxygen atoms in total. The monoisotopic (exact) mass is 333 g/mol. The van der Waals surface area contributed by atoms with Gasteiger partial charge in [-0.15, -0.1) is 0 Å². The number of fused-ring (bicyclic) bond motifs is 1. The zero-order valence-electron chi connectivity index (χ0n) is 13.1. The van der Waals surface area contributed by atoms with E-state index in [1.165, 1.54) is 11.1 Å². The van der Waals surface area contributed by atoms with E-state index in [-0.39, 0.29) is 11.6 Å². The van der Waals surface area contributed by atoms with Crippen LogP contribution in [0, 0.1) is 0 Å². The summed E-state index contributed by atoms with van der Waals surface area (Å²) in [5, 5.41) is 9.22. The Kier molecular flexibility index (Phi) is 4.45. The summed E-state index contributed by atoms with van der Waals surface area (Å²) in [5.41, 5.74) is 3.49. The second kappa shape index (κ2) is 6.40. The number of alkyl halides is 3. The molecule has 2 aromatic carbocycles. The summed E-state index contributed by atoms with van der Waals surface area (Å²) in [4.78, 5) is 4.07. The van der Waals surface area contributed by atoms with Gasteiger partial charge in [-0.2, -0.15) is 13.2 Å². The fraction of sp³-hybridized carbons (Fsp3) is 0.316. The predicted molar refractivity (Wildman–Crippen MR) is 87.4 cm³/mol. The maximum Gasteiger partial charge on any atom is 0.416 e. The Hall–Kier alpha value is -2.14. The largest absolute Gasteiger partial charge is 0.416 e. The Labute approximate surface area is 138 Å². The lowest BCUT2D eigenvalue weighted by atomic mass is 9.97. The molecule has 0 heterocycles. The van der Waals surface area contributed by atoms with Gasteiger partial charge in [-0.3, -0.25) is 4.99 Å². The Morgan fingerprint density at radius 3 is 2.38 bits per heavy atom. The van der Waals surface area contributed by atoms with Gasteiger partial charge in [0.2, 0.25) is 0 Å². The van der Waals surface area contributed by atoms with Gasteiger partial charge in [0.15, 0.2) is 0 Å². The van der Waals surface area contributed by atoms with Crippen molar-refractivity contribution in [1.82, 2.24) is 0 Å². The first-order valence-corrected chi connectivity index (χ1v) is 7.76. The topological polar surface area (TPSA) is 32.6 Å². The molecule has 1 atom stereocenters. The van der Waals surface area contributed by atoms with Crippen LogP contribution in [-0.4, -0.2) is 17.9 Å². The molecule has 5 heteroatoms. The quantitative estimate of drug-likeness (QED) is 0.844. The van der Waals surface area contributed by atoms with Crippen molar-refractivity contribution in [3.63, 3.8) is 0 Å². The molecule has 0 fully saturated rings. The molecular weight excluding hydrogens is 315 g/mol. The van der Waals surface area contributed by atoms with Crippen LogP contribution in [0.2, 0.25) is 0 Å². The molecule has 3 rings (SSSR count). The van der Waals surface area contributed by atoms with Gasteiger partial charge in [-0.1, -0.05) is 24.3 Å². The van der Waals surface area contributed by atoms with E-state index in [4.69, 9.17) is 0 Å². The molecule has 1 aliphatic carbocycles. The fourth-order valence-corrected chi connectivity index (χ4v) is 3.24. The van der Waals surface area contributed by atoms with Crippen LogP contribution in [0.3, 0.4) is 0 Å². The first-order valence-electron chi connectivity index (χ1n) is 7.76. The van der Waals surface area contributed by atoms with E-state index in [1.54, 1.807) is 6.07 Å². The van der Waals surface area contributed by atoms with Crippen LogP contribution in [0.25, 0.3) is 0 Å². The lowest BCUT2D eigenvalue weighted by molar-refractivity contribution is -0.137. The van der Waals surface area contributed by atoms with Gasteiger partial charge in [-0.05, 0) is 65.9 Å². The van der Waals surface area contributed by atoms with Crippen molar-refractivity contribution in [2.45, 2.75) is 38.1 Å². The molecule has 0 amide bonds. The molecule has 2 aromatic rings. The van der Waals surface area contributed by atoms with Crippen molar-refractivity contribution in [2.75, 3.05) is 0 Å². The van der Waals surface area contributed by atoms with E-state index in [2.05, 4.69) is 11.7 Å². The van der Waals surface area contributed by atoms with Crippen molar-refractivity contribution in [2.24, 2.45) is 4.99 Å². The summed E-state index contributed by atoms with van der Waals surface area (Å²) >= 11 is 0. The highest BCUT2D eigenvalue weighted by molar-refractivity contribution is 5.41. The van der Waals surface area contributed by atoms with Crippen LogP contribution in [0.4, 0.5) is 13.2 Å². The van der Waals surface area contributed by atoms with Gasteiger partial charge < -0.3 is 5.11 Å². The van der Waals surface area contributed by atoms with Crippen molar-refractivity contribution >= 4 is 6.72 Å². The molecule has 0 saturated carbocycles. The summed E-state index contributed by atoms with van der Waals surface area (Å²) in [6.45, 7) is 3.18. The van der Waals surface area contributed by atoms with Crippen LogP contribution in [0.5, 0.6) is 0 Å². The Morgan fingerprint density at radius 1 is 1.00 bits per heavy atom. The van der Waals surface area contributed by atoms with Crippen molar-refractivity contribution in [1.29, 1.82) is 0 Å². The predicted octanol–water partition coefficient (Wildman–Crippen LogP) is 3.96. The highest BCUT2D eigenvalue weighted by Gasteiger charge is 2.31. The van der Waals surface area contributed by atoms with Crippen molar-refractivity contribution in [3.8, 4) is 0 Å². The molecule has 0 saturated heterocycles. The van der Waals surface area contributed by atoms with Gasteiger partial charge in [0, 0.05) is 0 Å². The number of hydrogen-bond acceptors (Lipinski definition) is 2. The van der Waals surface area contributed by atoms with E-state index in [1.807, 2.05) is 18.2 Å². The lowest BCUT2D eigenvalue weighted by Crippen LogP contribution is -2.07. The Balaban J connectivity index is 1.88. The summed E-state index contributed by atoms with van der Waals surface area (Å²) < 4.78 is 39.0. The number of nitrogens with zero attached hydrogens (tertiary/aromatic N) is 1. The molecule has 0 aromatic heterocycles. The van der Waals surface area contributed by atoms with Gasteiger partial charge >= 0.3 is 6.18 Å². The summed E-state index contributed by atoms with van der Waals surface area (Å²) in [6, 6.07) is 9.98. The number of aliphatic hydroxyl groups is 1. The molecule has 1 unspecified atom stereocenters. The van der Waals surface area contributed by atoms with E-state index < -0.39 is 18.3 Å². The number of aliphatic imine (C=N–C) groups is 1. The van der Waals surface area contributed by atoms with Crippen LogP contribution in [0.15, 0.2) is 41.4 Å². The second-order valence-corrected chi connectivity index (χ2v) is 6.22. The third-order valence-electron chi connectivity index (χ3n) is 4.41. The van der Waals surface area contributed by atoms with Gasteiger partial charge in [0.25, 0.3) is 0 Å². The van der Waals surface area contributed by atoms with Crippen molar-refractivity contribution in [3.05, 3.63) is 69.8 Å². The highest BCUT2D eigenvalue weighted by Crippen LogP contribution is 2.32. The molecule has 1 N–H and O–H groups in total. The number of rotatable bonds is 4. The first-order chi connectivity index (χ1) is 11.4. The smallest absolute Gasteiger partial charge is 0.392 e. The minimum atomic E-state index is -4.42. The third kappa shape index (κ3) is 3.51. The second-order valence-electron chi connectivity index (χ2n) is 6.22. The number of aliphatic hydroxyl groups excluding tert-OH is 1. The standard InChI is InChI=1S/C19H18F3NO/c1-23-18-9-15-3-2-12(6-16(15)10-18)4-13-5-14(11-24)8-17(7-13)19(20,21)22/h2-3,5-8,18,24H,1,4,9-11H2. The fourth-order valence-electron chi connectivity index (χ4n) is 3.24. The van der Waals surface area contributed by atoms with Crippen LogP contribution in [0.1, 0.15) is 33.4 Å². The summed E-state index contributed by atoms with van der Waals surface area (Å²) in [7, 11) is 0. The van der Waals surface area contributed by atoms with E-state index >= 15 is 0 Å². The summed E-state index contributed by atoms with van der Waals surface area (Å²) in [6.07, 6.45) is -2.31. The van der Waals surface area contributed by atoms with Gasteiger partial charge in [-0.25, -0.2) is 0 Å². The lowest BCUT2D eigenvalue weighted by Gasteiger charge is -2.12. The van der Waals surface area contributed by atoms with Crippen LogP contribution >= 0.6 is 0 Å². The zero-order valence-corrected chi connectivity index (χ0v) is 13.1. The van der Waals surface area contributed by atoms with Crippen molar-refractivity contribution < 1.29 is 18.3 Å². The number of benzene rings is 2. The first kappa shape index (κ1) is 16.7. The molecule has 1 aliphatic rings. The minimum absolute atomic E-state index is 0.199. The molecule has 0 aliphatic heterocycles. The molecular formula is C19H18F3NO. The highest BCUT2D eigenvalue weighted by atomic mass is 19.4. The molecule has 24 heavy (non-hydrogen) atoms. The molecule has 0 radical (unpaired) electrons. The SMILES string of the molecule is C=NC1Cc2ccc(Cc3cc(CO)cc(C(F)(F)F)c3)cc2C1. The number of hydrogen-bond donors (Lipinski definition) is 1. The van der Waals surface area contributed by atoms with Gasteiger partial charge in [0.05, 0.1) is 18.2 Å². The minimum Gasteiger partial charge on any atom is -0.392 e. The Bertz CT molecular complexity index is 768. The molecule has 126 valence electrons. The maximum absolute atomic E-state index is 13.0. The summed E-state index contributed by atoms with van der Waals surface area (Å²) in [5.74, 6) is 0. The third-order valence-corrected chi connectivity index (χ3v) is 4.41. The van der Waals surface area contributed by atoms with Gasteiger partial charge in [0.1, 0.15) is 0 Å². The molecule has 0 bridgehead atoms. The average Bonchev–Trinajstić information content (AvgIpc) is 2.96. The van der Waals surface area contributed by atoms with Crippen LogP contribution < -0.4 is 0 Å². The van der Waals surface area contributed by atoms with E-state index in [9.17, 15) is 18.3 Å². The molecule has 0 spiro atoms. The normalized spacial score (nSPS) is 16.9. The maximum atomic E-state index is 13.0.